The maximum Gasteiger partial charge on any atom is 0.0772 e. The van der Waals surface area contributed by atoms with Gasteiger partial charge in [-0.1, -0.05) is 30.0 Å². The van der Waals surface area contributed by atoms with Gasteiger partial charge in [0.2, 0.25) is 0 Å². The van der Waals surface area contributed by atoms with Crippen LogP contribution in [0.25, 0.3) is 0 Å². The highest BCUT2D eigenvalue weighted by molar-refractivity contribution is 7.99. The first kappa shape index (κ1) is 9.41. The molecule has 0 aliphatic heterocycles. The van der Waals surface area contributed by atoms with Gasteiger partial charge in [-0.15, -0.1) is 0 Å². The fourth-order valence-corrected chi connectivity index (χ4v) is 2.30. The Morgan fingerprint density at radius 1 is 1.14 bits per heavy atom. The number of aromatic amines is 1. The SMILES string of the molecule is Cc1c[nH]c(Sc2ccccc2C)c1. The summed E-state index contributed by atoms with van der Waals surface area (Å²) < 4.78 is 0. The Balaban J connectivity index is 2.23. The Bertz CT molecular complexity index is 431. The van der Waals surface area contributed by atoms with E-state index in [0.717, 1.165) is 0 Å². The van der Waals surface area contributed by atoms with Crippen LogP contribution in [0.2, 0.25) is 0 Å². The van der Waals surface area contributed by atoms with E-state index in [0.29, 0.717) is 0 Å². The van der Waals surface area contributed by atoms with E-state index in [9.17, 15) is 0 Å². The number of aromatic nitrogens is 1. The maximum absolute atomic E-state index is 3.24. The minimum atomic E-state index is 1.21. The minimum Gasteiger partial charge on any atom is -0.356 e. The van der Waals surface area contributed by atoms with Gasteiger partial charge in [-0.05, 0) is 37.1 Å². The first-order valence-corrected chi connectivity index (χ1v) is 5.46. The molecule has 0 radical (unpaired) electrons. The van der Waals surface area contributed by atoms with Crippen LogP contribution in [0.5, 0.6) is 0 Å². The largest absolute Gasteiger partial charge is 0.356 e. The molecule has 2 rings (SSSR count). The number of hydrogen-bond acceptors (Lipinski definition) is 1. The number of nitrogens with one attached hydrogen (secondary N) is 1. The number of H-pyrrole nitrogens is 1. The lowest BCUT2D eigenvalue weighted by molar-refractivity contribution is 1.19. The molecule has 72 valence electrons. The average Bonchev–Trinajstić information content (AvgIpc) is 2.56. The van der Waals surface area contributed by atoms with Gasteiger partial charge in [-0.3, -0.25) is 0 Å². The van der Waals surface area contributed by atoms with Crippen molar-refractivity contribution in [1.82, 2.24) is 4.98 Å². The lowest BCUT2D eigenvalue weighted by Gasteiger charge is -2.02. The molecule has 0 saturated heterocycles. The summed E-state index contributed by atoms with van der Waals surface area (Å²) in [6.45, 7) is 4.23. The van der Waals surface area contributed by atoms with E-state index >= 15 is 0 Å². The van der Waals surface area contributed by atoms with Crippen LogP contribution in [0.1, 0.15) is 11.1 Å². The van der Waals surface area contributed by atoms with Gasteiger partial charge in [0, 0.05) is 11.1 Å². The average molecular weight is 203 g/mol. The molecule has 0 saturated carbocycles. The van der Waals surface area contributed by atoms with Crippen LogP contribution in [0.4, 0.5) is 0 Å². The summed E-state index contributed by atoms with van der Waals surface area (Å²) in [6.07, 6.45) is 2.03. The molecule has 1 aromatic heterocycles. The Morgan fingerprint density at radius 2 is 1.93 bits per heavy atom. The molecule has 0 unspecified atom stereocenters. The second-order valence-electron chi connectivity index (χ2n) is 3.41. The summed E-state index contributed by atoms with van der Waals surface area (Å²) in [4.78, 5) is 4.56. The highest BCUT2D eigenvalue weighted by Crippen LogP contribution is 2.29. The third kappa shape index (κ3) is 2.02. The van der Waals surface area contributed by atoms with Crippen LogP contribution in [0.3, 0.4) is 0 Å². The van der Waals surface area contributed by atoms with Crippen molar-refractivity contribution in [1.29, 1.82) is 0 Å². The van der Waals surface area contributed by atoms with Gasteiger partial charge in [0.1, 0.15) is 0 Å². The number of aryl methyl sites for hydroxylation is 2. The van der Waals surface area contributed by atoms with Gasteiger partial charge in [0.05, 0.1) is 5.03 Å². The Hall–Kier alpha value is -1.15. The van der Waals surface area contributed by atoms with E-state index < -0.39 is 0 Å². The lowest BCUT2D eigenvalue weighted by atomic mass is 10.2. The minimum absolute atomic E-state index is 1.21. The van der Waals surface area contributed by atoms with Crippen molar-refractivity contribution in [3.8, 4) is 0 Å². The molecule has 1 nitrogen and oxygen atoms in total. The molecule has 2 heteroatoms. The molecule has 1 N–H and O–H groups in total. The lowest BCUT2D eigenvalue weighted by Crippen LogP contribution is -1.77. The predicted molar refractivity (Wildman–Crippen MR) is 60.8 cm³/mol. The second-order valence-corrected chi connectivity index (χ2v) is 4.49. The third-order valence-electron chi connectivity index (χ3n) is 2.11. The van der Waals surface area contributed by atoms with Crippen LogP contribution >= 0.6 is 11.8 Å². The van der Waals surface area contributed by atoms with Crippen LogP contribution in [0.15, 0.2) is 46.5 Å². The van der Waals surface area contributed by atoms with Crippen LogP contribution in [0, 0.1) is 13.8 Å². The molecule has 0 bridgehead atoms. The molecule has 14 heavy (non-hydrogen) atoms. The normalized spacial score (nSPS) is 10.4. The second kappa shape index (κ2) is 3.93. The summed E-state index contributed by atoms with van der Waals surface area (Å²) in [5.74, 6) is 0. The molecule has 2 aromatic rings. The van der Waals surface area contributed by atoms with Gasteiger partial charge >= 0.3 is 0 Å². The van der Waals surface area contributed by atoms with Crippen molar-refractivity contribution < 1.29 is 0 Å². The summed E-state index contributed by atoms with van der Waals surface area (Å²) >= 11 is 1.78. The quantitative estimate of drug-likeness (QED) is 0.785. The molecule has 1 heterocycles. The first-order chi connectivity index (χ1) is 6.75. The van der Waals surface area contributed by atoms with E-state index in [2.05, 4.69) is 49.2 Å². The van der Waals surface area contributed by atoms with Gasteiger partial charge < -0.3 is 4.98 Å². The zero-order valence-electron chi connectivity index (χ0n) is 8.37. The third-order valence-corrected chi connectivity index (χ3v) is 3.25. The Kier molecular flexibility index (Phi) is 2.64. The molecule has 0 fully saturated rings. The van der Waals surface area contributed by atoms with Crippen LogP contribution in [-0.4, -0.2) is 4.98 Å². The van der Waals surface area contributed by atoms with Crippen molar-refractivity contribution in [2.75, 3.05) is 0 Å². The summed E-state index contributed by atoms with van der Waals surface area (Å²) in [6, 6.07) is 10.6. The molecule has 0 aliphatic carbocycles. The van der Waals surface area contributed by atoms with Gasteiger partial charge in [-0.2, -0.15) is 0 Å². The van der Waals surface area contributed by atoms with Crippen molar-refractivity contribution >= 4 is 11.8 Å². The van der Waals surface area contributed by atoms with Crippen LogP contribution < -0.4 is 0 Å². The smallest absolute Gasteiger partial charge is 0.0772 e. The van der Waals surface area contributed by atoms with Gasteiger partial charge in [0.15, 0.2) is 0 Å². The van der Waals surface area contributed by atoms with E-state index in [1.54, 1.807) is 11.8 Å². The highest BCUT2D eigenvalue weighted by atomic mass is 32.2. The monoisotopic (exact) mass is 203 g/mol. The summed E-state index contributed by atoms with van der Waals surface area (Å²) in [7, 11) is 0. The standard InChI is InChI=1S/C12H13NS/c1-9-7-12(13-8-9)14-11-6-4-3-5-10(11)2/h3-8,13H,1-2H3. The van der Waals surface area contributed by atoms with Crippen molar-refractivity contribution in [2.45, 2.75) is 23.8 Å². The van der Waals surface area contributed by atoms with E-state index in [1.807, 2.05) is 6.20 Å². The molecule has 0 aliphatic rings. The molecular formula is C12H13NS. The topological polar surface area (TPSA) is 15.8 Å². The Labute approximate surface area is 88.6 Å². The molecule has 0 amide bonds. The number of benzene rings is 1. The van der Waals surface area contributed by atoms with Crippen molar-refractivity contribution in [2.24, 2.45) is 0 Å². The van der Waals surface area contributed by atoms with Crippen molar-refractivity contribution in [3.05, 3.63) is 47.7 Å². The molecule has 1 aromatic carbocycles. The van der Waals surface area contributed by atoms with E-state index in [1.165, 1.54) is 21.0 Å². The highest BCUT2D eigenvalue weighted by Gasteiger charge is 2.01. The summed E-state index contributed by atoms with van der Waals surface area (Å²) in [5, 5.41) is 1.21. The van der Waals surface area contributed by atoms with Gasteiger partial charge in [0.25, 0.3) is 0 Å². The zero-order chi connectivity index (χ0) is 9.97. The van der Waals surface area contributed by atoms with E-state index in [-0.39, 0.29) is 0 Å². The zero-order valence-corrected chi connectivity index (χ0v) is 9.19. The molecular weight excluding hydrogens is 190 g/mol. The first-order valence-electron chi connectivity index (χ1n) is 4.64. The Morgan fingerprint density at radius 3 is 2.57 bits per heavy atom. The van der Waals surface area contributed by atoms with Crippen molar-refractivity contribution in [3.63, 3.8) is 0 Å². The predicted octanol–water partition coefficient (Wildman–Crippen LogP) is 3.78. The molecule has 0 spiro atoms. The summed E-state index contributed by atoms with van der Waals surface area (Å²) in [5.41, 5.74) is 2.60. The number of rotatable bonds is 2. The maximum atomic E-state index is 3.24. The van der Waals surface area contributed by atoms with E-state index in [4.69, 9.17) is 0 Å². The molecule has 0 atom stereocenters. The number of hydrogen-bond donors (Lipinski definition) is 1. The fourth-order valence-electron chi connectivity index (χ4n) is 1.32. The van der Waals surface area contributed by atoms with Crippen LogP contribution in [-0.2, 0) is 0 Å². The fraction of sp³-hybridized carbons (Fsp3) is 0.167. The van der Waals surface area contributed by atoms with Gasteiger partial charge in [-0.25, -0.2) is 0 Å².